The number of aliphatic carboxylic acids is 1. The standard InChI is InChI=1S/C17H28N6O5/c1-8(2)13(18)16(26)21-9(3)14(24)23-12(5-11-6-19-7-20-11)15(25)22-10(4)17(27)28/h6-10,12-13H,5,18H2,1-4H3,(H,19,20)(H,21,26)(H,22,25)(H,23,24)(H,27,28). The van der Waals surface area contributed by atoms with Crippen LogP contribution in [-0.2, 0) is 25.6 Å². The van der Waals surface area contributed by atoms with E-state index >= 15 is 0 Å². The minimum Gasteiger partial charge on any atom is -0.480 e. The molecule has 0 saturated heterocycles. The zero-order valence-corrected chi connectivity index (χ0v) is 16.4. The number of hydrogen-bond donors (Lipinski definition) is 6. The molecule has 4 unspecified atom stereocenters. The Bertz CT molecular complexity index is 690. The molecule has 11 heteroatoms. The first-order chi connectivity index (χ1) is 13.0. The van der Waals surface area contributed by atoms with Gasteiger partial charge in [0.1, 0.15) is 18.1 Å². The molecule has 0 aliphatic rings. The summed E-state index contributed by atoms with van der Waals surface area (Å²) in [5.41, 5.74) is 6.33. The fourth-order valence-corrected chi connectivity index (χ4v) is 2.18. The number of aromatic amines is 1. The Hall–Kier alpha value is -2.95. The summed E-state index contributed by atoms with van der Waals surface area (Å²) in [7, 11) is 0. The third-order valence-corrected chi connectivity index (χ3v) is 4.11. The second-order valence-corrected chi connectivity index (χ2v) is 6.91. The molecule has 0 aromatic carbocycles. The van der Waals surface area contributed by atoms with Crippen LogP contribution in [0.4, 0.5) is 0 Å². The first kappa shape index (κ1) is 23.1. The number of nitrogens with zero attached hydrogens (tertiary/aromatic N) is 1. The molecule has 7 N–H and O–H groups in total. The van der Waals surface area contributed by atoms with E-state index in [0.717, 1.165) is 0 Å². The maximum Gasteiger partial charge on any atom is 0.325 e. The number of carbonyl (C=O) groups is 4. The molecule has 1 rings (SSSR count). The van der Waals surface area contributed by atoms with Crippen molar-refractivity contribution in [3.05, 3.63) is 18.2 Å². The number of H-pyrrole nitrogens is 1. The number of carbonyl (C=O) groups excluding carboxylic acids is 3. The SMILES string of the molecule is CC(NC(=O)C(Cc1cnc[nH]1)NC(=O)C(C)NC(=O)C(N)C(C)C)C(=O)O. The lowest BCUT2D eigenvalue weighted by molar-refractivity contribution is -0.141. The summed E-state index contributed by atoms with van der Waals surface area (Å²) in [6.07, 6.45) is 2.97. The van der Waals surface area contributed by atoms with E-state index in [1.165, 1.54) is 26.4 Å². The minimum atomic E-state index is -1.21. The average molecular weight is 396 g/mol. The van der Waals surface area contributed by atoms with Crippen molar-refractivity contribution in [2.24, 2.45) is 11.7 Å². The molecule has 156 valence electrons. The molecule has 3 amide bonds. The zero-order chi connectivity index (χ0) is 21.4. The number of aromatic nitrogens is 2. The predicted octanol–water partition coefficient (Wildman–Crippen LogP) is -1.49. The summed E-state index contributed by atoms with van der Waals surface area (Å²) in [4.78, 5) is 54.5. The summed E-state index contributed by atoms with van der Waals surface area (Å²) in [5.74, 6) is -3.07. The van der Waals surface area contributed by atoms with Gasteiger partial charge in [0.2, 0.25) is 17.7 Å². The molecule has 0 bridgehead atoms. The number of nitrogens with two attached hydrogens (primary N) is 1. The van der Waals surface area contributed by atoms with Gasteiger partial charge in [0.15, 0.2) is 0 Å². The lowest BCUT2D eigenvalue weighted by Crippen LogP contribution is -2.57. The van der Waals surface area contributed by atoms with Gasteiger partial charge in [-0.1, -0.05) is 13.8 Å². The summed E-state index contributed by atoms with van der Waals surface area (Å²) in [6, 6.07) is -3.90. The smallest absolute Gasteiger partial charge is 0.325 e. The summed E-state index contributed by atoms with van der Waals surface area (Å²) in [5, 5.41) is 16.3. The molecule has 1 heterocycles. The lowest BCUT2D eigenvalue weighted by Gasteiger charge is -2.23. The van der Waals surface area contributed by atoms with E-state index in [-0.39, 0.29) is 12.3 Å². The normalized spacial score (nSPS) is 15.2. The number of amides is 3. The molecule has 0 fully saturated rings. The average Bonchev–Trinajstić information content (AvgIpc) is 3.12. The molecule has 4 atom stereocenters. The van der Waals surface area contributed by atoms with Crippen molar-refractivity contribution in [1.29, 1.82) is 0 Å². The van der Waals surface area contributed by atoms with Crippen molar-refractivity contribution in [2.75, 3.05) is 0 Å². The number of hydrogen-bond acceptors (Lipinski definition) is 6. The predicted molar refractivity (Wildman–Crippen MR) is 99.9 cm³/mol. The fourth-order valence-electron chi connectivity index (χ4n) is 2.18. The van der Waals surface area contributed by atoms with Gasteiger partial charge in [-0.25, -0.2) is 4.98 Å². The molecule has 0 radical (unpaired) electrons. The van der Waals surface area contributed by atoms with Crippen molar-refractivity contribution in [1.82, 2.24) is 25.9 Å². The van der Waals surface area contributed by atoms with Gasteiger partial charge in [0.25, 0.3) is 0 Å². The van der Waals surface area contributed by atoms with Crippen LogP contribution in [0.25, 0.3) is 0 Å². The van der Waals surface area contributed by atoms with Crippen LogP contribution in [0.5, 0.6) is 0 Å². The molecule has 1 aromatic heterocycles. The molecule has 0 aliphatic carbocycles. The third kappa shape index (κ3) is 6.99. The first-order valence-corrected chi connectivity index (χ1v) is 8.89. The van der Waals surface area contributed by atoms with Crippen molar-refractivity contribution < 1.29 is 24.3 Å². The molecular formula is C17H28N6O5. The summed E-state index contributed by atoms with van der Waals surface area (Å²) in [6.45, 7) is 6.34. The van der Waals surface area contributed by atoms with Crippen LogP contribution in [0.2, 0.25) is 0 Å². The number of nitrogens with one attached hydrogen (secondary N) is 4. The van der Waals surface area contributed by atoms with Crippen LogP contribution < -0.4 is 21.7 Å². The van der Waals surface area contributed by atoms with E-state index in [0.29, 0.717) is 5.69 Å². The Labute approximate surface area is 162 Å². The third-order valence-electron chi connectivity index (χ3n) is 4.11. The van der Waals surface area contributed by atoms with Crippen LogP contribution in [0.1, 0.15) is 33.4 Å². The second kappa shape index (κ2) is 10.4. The van der Waals surface area contributed by atoms with Gasteiger partial charge in [-0.05, 0) is 19.8 Å². The van der Waals surface area contributed by atoms with Crippen LogP contribution in [-0.4, -0.2) is 62.9 Å². The van der Waals surface area contributed by atoms with E-state index in [1.807, 2.05) is 0 Å². The van der Waals surface area contributed by atoms with E-state index < -0.39 is 47.9 Å². The highest BCUT2D eigenvalue weighted by molar-refractivity contribution is 5.93. The van der Waals surface area contributed by atoms with Crippen molar-refractivity contribution >= 4 is 23.7 Å². The summed E-state index contributed by atoms with van der Waals surface area (Å²) >= 11 is 0. The number of imidazole rings is 1. The Morgan fingerprint density at radius 1 is 1.04 bits per heavy atom. The molecule has 0 saturated carbocycles. The number of carboxylic acids is 1. The van der Waals surface area contributed by atoms with Crippen molar-refractivity contribution in [3.63, 3.8) is 0 Å². The number of carboxylic acid groups (broad SMARTS) is 1. The maximum absolute atomic E-state index is 12.4. The van der Waals surface area contributed by atoms with Crippen LogP contribution in [0.15, 0.2) is 12.5 Å². The minimum absolute atomic E-state index is 0.0656. The van der Waals surface area contributed by atoms with Crippen molar-refractivity contribution in [3.8, 4) is 0 Å². The highest BCUT2D eigenvalue weighted by atomic mass is 16.4. The van der Waals surface area contributed by atoms with Gasteiger partial charge in [-0.3, -0.25) is 19.2 Å². The molecule has 1 aromatic rings. The maximum atomic E-state index is 12.4. The Morgan fingerprint density at radius 3 is 2.14 bits per heavy atom. The van der Waals surface area contributed by atoms with Crippen LogP contribution in [0, 0.1) is 5.92 Å². The lowest BCUT2D eigenvalue weighted by atomic mass is 10.0. The van der Waals surface area contributed by atoms with Crippen LogP contribution in [0.3, 0.4) is 0 Å². The van der Waals surface area contributed by atoms with Gasteiger partial charge in [0, 0.05) is 18.3 Å². The summed E-state index contributed by atoms with van der Waals surface area (Å²) < 4.78 is 0. The van der Waals surface area contributed by atoms with Crippen LogP contribution >= 0.6 is 0 Å². The van der Waals surface area contributed by atoms with Gasteiger partial charge in [-0.15, -0.1) is 0 Å². The quantitative estimate of drug-likeness (QED) is 0.279. The van der Waals surface area contributed by atoms with E-state index in [2.05, 4.69) is 25.9 Å². The highest BCUT2D eigenvalue weighted by Crippen LogP contribution is 2.02. The van der Waals surface area contributed by atoms with Gasteiger partial charge in [-0.2, -0.15) is 0 Å². The van der Waals surface area contributed by atoms with E-state index in [1.54, 1.807) is 13.8 Å². The zero-order valence-electron chi connectivity index (χ0n) is 16.4. The molecule has 0 aliphatic heterocycles. The second-order valence-electron chi connectivity index (χ2n) is 6.91. The van der Waals surface area contributed by atoms with E-state index in [4.69, 9.17) is 10.8 Å². The topological polar surface area (TPSA) is 179 Å². The van der Waals surface area contributed by atoms with E-state index in [9.17, 15) is 19.2 Å². The number of rotatable bonds is 10. The van der Waals surface area contributed by atoms with Gasteiger partial charge >= 0.3 is 5.97 Å². The monoisotopic (exact) mass is 396 g/mol. The first-order valence-electron chi connectivity index (χ1n) is 8.89. The van der Waals surface area contributed by atoms with Crippen molar-refractivity contribution in [2.45, 2.75) is 58.3 Å². The Kier molecular flexibility index (Phi) is 8.58. The molecule has 0 spiro atoms. The fraction of sp³-hybridized carbons (Fsp3) is 0.588. The largest absolute Gasteiger partial charge is 0.480 e. The Morgan fingerprint density at radius 2 is 1.64 bits per heavy atom. The highest BCUT2D eigenvalue weighted by Gasteiger charge is 2.28. The Balaban J connectivity index is 2.80. The molecular weight excluding hydrogens is 368 g/mol. The molecule has 11 nitrogen and oxygen atoms in total. The van der Waals surface area contributed by atoms with Gasteiger partial charge < -0.3 is 31.8 Å². The van der Waals surface area contributed by atoms with Gasteiger partial charge in [0.05, 0.1) is 12.4 Å². The molecule has 28 heavy (non-hydrogen) atoms.